The number of ether oxygens (including phenoxy) is 1. The number of carbonyl (C=O) groups excluding carboxylic acids is 1. The summed E-state index contributed by atoms with van der Waals surface area (Å²) in [6.45, 7) is 1.26. The van der Waals surface area contributed by atoms with Gasteiger partial charge < -0.3 is 9.64 Å². The molecule has 0 aliphatic carbocycles. The van der Waals surface area contributed by atoms with Crippen LogP contribution in [0, 0.1) is 0 Å². The molecular weight excluding hydrogens is 400 g/mol. The zero-order chi connectivity index (χ0) is 21.4. The van der Waals surface area contributed by atoms with Crippen LogP contribution in [0.25, 0.3) is 0 Å². The van der Waals surface area contributed by atoms with Gasteiger partial charge in [-0.2, -0.15) is 0 Å². The van der Waals surface area contributed by atoms with Gasteiger partial charge in [0.05, 0.1) is 11.5 Å². The van der Waals surface area contributed by atoms with Crippen molar-refractivity contribution in [1.29, 1.82) is 0 Å². The number of benzene rings is 3. The number of hydrogen-bond acceptors (Lipinski definition) is 4. The molecule has 0 unspecified atom stereocenters. The Morgan fingerprint density at radius 1 is 0.933 bits per heavy atom. The standard InChI is InChI=1S/C23H24N2O4S/c1-29-16-15-25(18-19-9-4-2-5-10-19)23(26)20-11-8-12-21(17-20)24-30(27,28)22-13-6-3-7-14-22/h2-14,17,24H,15-16,18H2,1H3. The molecule has 0 aliphatic rings. The summed E-state index contributed by atoms with van der Waals surface area (Å²) in [5.74, 6) is -0.198. The van der Waals surface area contributed by atoms with Crippen LogP contribution in [0.4, 0.5) is 5.69 Å². The Morgan fingerprint density at radius 3 is 2.27 bits per heavy atom. The quantitative estimate of drug-likeness (QED) is 0.567. The second-order valence-corrected chi connectivity index (χ2v) is 8.39. The van der Waals surface area contributed by atoms with Crippen LogP contribution in [-0.2, 0) is 21.3 Å². The second kappa shape index (κ2) is 10.0. The fraction of sp³-hybridized carbons (Fsp3) is 0.174. The van der Waals surface area contributed by atoms with Crippen molar-refractivity contribution in [2.24, 2.45) is 0 Å². The smallest absolute Gasteiger partial charge is 0.261 e. The molecule has 0 heterocycles. The van der Waals surface area contributed by atoms with Crippen LogP contribution < -0.4 is 4.72 Å². The lowest BCUT2D eigenvalue weighted by molar-refractivity contribution is 0.0680. The molecule has 0 spiro atoms. The van der Waals surface area contributed by atoms with E-state index in [0.29, 0.717) is 30.9 Å². The molecule has 156 valence electrons. The van der Waals surface area contributed by atoms with Gasteiger partial charge in [0.1, 0.15) is 0 Å². The highest BCUT2D eigenvalue weighted by Gasteiger charge is 2.18. The average Bonchev–Trinajstić information content (AvgIpc) is 2.77. The zero-order valence-electron chi connectivity index (χ0n) is 16.7. The molecule has 0 aromatic heterocycles. The lowest BCUT2D eigenvalue weighted by Crippen LogP contribution is -2.33. The number of carbonyl (C=O) groups is 1. The number of hydrogen-bond donors (Lipinski definition) is 1. The Kier molecular flexibility index (Phi) is 7.21. The van der Waals surface area contributed by atoms with Crippen LogP contribution in [-0.4, -0.2) is 39.5 Å². The minimum atomic E-state index is -3.73. The number of anilines is 1. The van der Waals surface area contributed by atoms with Gasteiger partial charge in [0.15, 0.2) is 0 Å². The number of nitrogens with one attached hydrogen (secondary N) is 1. The number of rotatable bonds is 9. The van der Waals surface area contributed by atoms with Crippen LogP contribution in [0.15, 0.2) is 89.8 Å². The minimum Gasteiger partial charge on any atom is -0.383 e. The van der Waals surface area contributed by atoms with Crippen LogP contribution in [0.1, 0.15) is 15.9 Å². The normalized spacial score (nSPS) is 11.1. The lowest BCUT2D eigenvalue weighted by atomic mass is 10.1. The van der Waals surface area contributed by atoms with E-state index in [-0.39, 0.29) is 10.8 Å². The van der Waals surface area contributed by atoms with Gasteiger partial charge >= 0.3 is 0 Å². The van der Waals surface area contributed by atoms with Crippen LogP contribution in [0.2, 0.25) is 0 Å². The van der Waals surface area contributed by atoms with E-state index in [0.717, 1.165) is 5.56 Å². The number of sulfonamides is 1. The van der Waals surface area contributed by atoms with Crippen LogP contribution >= 0.6 is 0 Å². The first-order valence-electron chi connectivity index (χ1n) is 9.49. The van der Waals surface area contributed by atoms with Gasteiger partial charge in [0.25, 0.3) is 15.9 Å². The first-order chi connectivity index (χ1) is 14.5. The molecule has 7 heteroatoms. The third kappa shape index (κ3) is 5.68. The number of nitrogens with zero attached hydrogens (tertiary/aromatic N) is 1. The van der Waals surface area contributed by atoms with Crippen molar-refractivity contribution < 1.29 is 17.9 Å². The summed E-state index contributed by atoms with van der Waals surface area (Å²) < 4.78 is 32.8. The summed E-state index contributed by atoms with van der Waals surface area (Å²) in [5.41, 5.74) is 1.73. The van der Waals surface area contributed by atoms with Crippen molar-refractivity contribution in [2.45, 2.75) is 11.4 Å². The van der Waals surface area contributed by atoms with E-state index in [9.17, 15) is 13.2 Å². The molecule has 3 aromatic rings. The molecule has 3 rings (SSSR count). The van der Waals surface area contributed by atoms with Gasteiger partial charge in [-0.15, -0.1) is 0 Å². The van der Waals surface area contributed by atoms with Crippen molar-refractivity contribution in [2.75, 3.05) is 25.0 Å². The summed E-state index contributed by atoms with van der Waals surface area (Å²) in [7, 11) is -2.15. The molecular formula is C23H24N2O4S. The van der Waals surface area contributed by atoms with Crippen LogP contribution in [0.5, 0.6) is 0 Å². The fourth-order valence-electron chi connectivity index (χ4n) is 2.97. The van der Waals surface area contributed by atoms with E-state index in [1.54, 1.807) is 54.5 Å². The van der Waals surface area contributed by atoms with Gasteiger partial charge in [-0.3, -0.25) is 9.52 Å². The maximum atomic E-state index is 13.1. The molecule has 30 heavy (non-hydrogen) atoms. The molecule has 1 N–H and O–H groups in total. The van der Waals surface area contributed by atoms with E-state index < -0.39 is 10.0 Å². The average molecular weight is 425 g/mol. The van der Waals surface area contributed by atoms with Gasteiger partial charge in [-0.1, -0.05) is 54.6 Å². The zero-order valence-corrected chi connectivity index (χ0v) is 17.5. The van der Waals surface area contributed by atoms with E-state index in [1.807, 2.05) is 30.3 Å². The van der Waals surface area contributed by atoms with Crippen molar-refractivity contribution in [3.63, 3.8) is 0 Å². The summed E-state index contributed by atoms with van der Waals surface area (Å²) in [6, 6.07) is 24.3. The molecule has 6 nitrogen and oxygen atoms in total. The highest BCUT2D eigenvalue weighted by Crippen LogP contribution is 2.19. The first kappa shape index (κ1) is 21.5. The van der Waals surface area contributed by atoms with E-state index >= 15 is 0 Å². The minimum absolute atomic E-state index is 0.160. The summed E-state index contributed by atoms with van der Waals surface area (Å²) >= 11 is 0. The predicted octanol–water partition coefficient (Wildman–Crippen LogP) is 3.78. The largest absolute Gasteiger partial charge is 0.383 e. The Labute approximate surface area is 177 Å². The predicted molar refractivity (Wildman–Crippen MR) is 117 cm³/mol. The SMILES string of the molecule is COCCN(Cc1ccccc1)C(=O)c1cccc(NS(=O)(=O)c2ccccc2)c1. The number of methoxy groups -OCH3 is 1. The summed E-state index contributed by atoms with van der Waals surface area (Å²) in [4.78, 5) is 15.0. The lowest BCUT2D eigenvalue weighted by Gasteiger charge is -2.23. The molecule has 1 amide bonds. The Morgan fingerprint density at radius 2 is 1.60 bits per heavy atom. The molecule has 0 saturated heterocycles. The molecule has 0 fully saturated rings. The van der Waals surface area contributed by atoms with Gasteiger partial charge in [-0.05, 0) is 35.9 Å². The highest BCUT2D eigenvalue weighted by atomic mass is 32.2. The van der Waals surface area contributed by atoms with E-state index in [4.69, 9.17) is 4.74 Å². The Hall–Kier alpha value is -3.16. The third-order valence-corrected chi connectivity index (χ3v) is 5.88. The van der Waals surface area contributed by atoms with Crippen molar-refractivity contribution in [1.82, 2.24) is 4.90 Å². The monoisotopic (exact) mass is 424 g/mol. The molecule has 0 atom stereocenters. The first-order valence-corrected chi connectivity index (χ1v) is 11.0. The third-order valence-electron chi connectivity index (χ3n) is 4.48. The molecule has 0 saturated carbocycles. The Balaban J connectivity index is 1.81. The van der Waals surface area contributed by atoms with Crippen molar-refractivity contribution >= 4 is 21.6 Å². The Bertz CT molecular complexity index is 1070. The summed E-state index contributed by atoms with van der Waals surface area (Å²) in [5, 5.41) is 0. The van der Waals surface area contributed by atoms with Crippen molar-refractivity contribution in [3.8, 4) is 0 Å². The van der Waals surface area contributed by atoms with Crippen molar-refractivity contribution in [3.05, 3.63) is 96.1 Å². The highest BCUT2D eigenvalue weighted by molar-refractivity contribution is 7.92. The fourth-order valence-corrected chi connectivity index (χ4v) is 4.04. The molecule has 0 radical (unpaired) electrons. The van der Waals surface area contributed by atoms with E-state index in [1.165, 1.54) is 12.1 Å². The van der Waals surface area contributed by atoms with E-state index in [2.05, 4.69) is 4.72 Å². The molecule has 3 aromatic carbocycles. The molecule has 0 bridgehead atoms. The topological polar surface area (TPSA) is 75.7 Å². The maximum Gasteiger partial charge on any atom is 0.261 e. The van der Waals surface area contributed by atoms with Gasteiger partial charge in [0, 0.05) is 31.5 Å². The maximum absolute atomic E-state index is 13.1. The second-order valence-electron chi connectivity index (χ2n) is 6.70. The van der Waals surface area contributed by atoms with Crippen LogP contribution in [0.3, 0.4) is 0 Å². The molecule has 0 aliphatic heterocycles. The summed E-state index contributed by atoms with van der Waals surface area (Å²) in [6.07, 6.45) is 0. The van der Waals surface area contributed by atoms with Gasteiger partial charge in [-0.25, -0.2) is 8.42 Å². The van der Waals surface area contributed by atoms with Gasteiger partial charge in [0.2, 0.25) is 0 Å². The number of amides is 1.